The maximum atomic E-state index is 13.1. The molecule has 0 saturated heterocycles. The normalized spacial score (nSPS) is 13.9. The minimum Gasteiger partial charge on any atom is -0.507 e. The highest BCUT2D eigenvalue weighted by atomic mass is 16.3. The van der Waals surface area contributed by atoms with Crippen molar-refractivity contribution in [2.24, 2.45) is 5.92 Å². The van der Waals surface area contributed by atoms with Gasteiger partial charge in [-0.15, -0.1) is 0 Å². The lowest BCUT2D eigenvalue weighted by molar-refractivity contribution is -0.118. The zero-order valence-corrected chi connectivity index (χ0v) is 19.8. The Morgan fingerprint density at radius 1 is 1.09 bits per heavy atom. The molecule has 1 saturated carbocycles. The summed E-state index contributed by atoms with van der Waals surface area (Å²) in [5.41, 5.74) is 3.63. The molecule has 34 heavy (non-hydrogen) atoms. The number of phenolic OH excluding ortho intramolecular Hbond substituents is 1. The van der Waals surface area contributed by atoms with E-state index in [9.17, 15) is 14.7 Å². The summed E-state index contributed by atoms with van der Waals surface area (Å²) in [5.74, 6) is 0.000505. The van der Waals surface area contributed by atoms with E-state index >= 15 is 0 Å². The molecule has 2 aromatic carbocycles. The first-order valence-electron chi connectivity index (χ1n) is 12.0. The molecular formula is C27H32N4O3. The number of amides is 2. The summed E-state index contributed by atoms with van der Waals surface area (Å²) in [5, 5.41) is 21.0. The average molecular weight is 461 g/mol. The predicted molar refractivity (Wildman–Crippen MR) is 133 cm³/mol. The van der Waals surface area contributed by atoms with Gasteiger partial charge in [0, 0.05) is 35.7 Å². The Hall–Kier alpha value is -3.61. The Morgan fingerprint density at radius 2 is 1.82 bits per heavy atom. The lowest BCUT2D eigenvalue weighted by Crippen LogP contribution is -2.32. The number of anilines is 1. The first-order valence-corrected chi connectivity index (χ1v) is 12.0. The SMILES string of the molecule is CC(C)C(=O)Nc1ccc(-c2cc(C3CCCC3)n(C(=O)NCCc3ccccc3)n2)c(O)c1. The molecule has 0 radical (unpaired) electrons. The van der Waals surface area contributed by atoms with Gasteiger partial charge in [0.15, 0.2) is 0 Å². The predicted octanol–water partition coefficient (Wildman–Crippen LogP) is 5.31. The van der Waals surface area contributed by atoms with Crippen molar-refractivity contribution in [3.05, 3.63) is 65.9 Å². The van der Waals surface area contributed by atoms with Crippen molar-refractivity contribution in [2.45, 2.75) is 51.9 Å². The number of nitrogens with zero attached hydrogens (tertiary/aromatic N) is 2. The molecule has 7 nitrogen and oxygen atoms in total. The van der Waals surface area contributed by atoms with E-state index in [2.05, 4.69) is 15.7 Å². The van der Waals surface area contributed by atoms with Gasteiger partial charge in [0.25, 0.3) is 0 Å². The zero-order valence-electron chi connectivity index (χ0n) is 19.8. The molecule has 2 amide bonds. The first-order chi connectivity index (χ1) is 16.4. The fourth-order valence-corrected chi connectivity index (χ4v) is 4.35. The topological polar surface area (TPSA) is 96.3 Å². The minimum atomic E-state index is -0.260. The lowest BCUT2D eigenvalue weighted by Gasteiger charge is -2.12. The molecule has 3 N–H and O–H groups in total. The number of rotatable bonds is 7. The van der Waals surface area contributed by atoms with Crippen molar-refractivity contribution in [3.63, 3.8) is 0 Å². The van der Waals surface area contributed by atoms with E-state index in [1.165, 1.54) is 10.7 Å². The molecular weight excluding hydrogens is 428 g/mol. The Balaban J connectivity index is 1.55. The van der Waals surface area contributed by atoms with E-state index < -0.39 is 0 Å². The summed E-state index contributed by atoms with van der Waals surface area (Å²) in [6.45, 7) is 4.13. The van der Waals surface area contributed by atoms with Crippen LogP contribution >= 0.6 is 0 Å². The molecule has 7 heteroatoms. The third kappa shape index (κ3) is 5.47. The Kier molecular flexibility index (Phi) is 7.30. The summed E-state index contributed by atoms with van der Waals surface area (Å²) in [4.78, 5) is 25.0. The first kappa shape index (κ1) is 23.5. The van der Waals surface area contributed by atoms with Crippen LogP contribution in [0, 0.1) is 5.92 Å². The van der Waals surface area contributed by atoms with Crippen molar-refractivity contribution in [1.29, 1.82) is 0 Å². The number of hydrogen-bond acceptors (Lipinski definition) is 4. The van der Waals surface area contributed by atoms with Gasteiger partial charge in [-0.2, -0.15) is 9.78 Å². The Bertz CT molecular complexity index is 1150. The van der Waals surface area contributed by atoms with Gasteiger partial charge < -0.3 is 15.7 Å². The highest BCUT2D eigenvalue weighted by Crippen LogP contribution is 2.38. The summed E-state index contributed by atoms with van der Waals surface area (Å²) < 4.78 is 1.46. The third-order valence-electron chi connectivity index (χ3n) is 6.30. The molecule has 1 fully saturated rings. The molecule has 0 bridgehead atoms. The summed E-state index contributed by atoms with van der Waals surface area (Å²) in [6.07, 6.45) is 5.06. The van der Waals surface area contributed by atoms with Gasteiger partial charge in [0.1, 0.15) is 5.75 Å². The maximum absolute atomic E-state index is 13.1. The number of aromatic nitrogens is 2. The van der Waals surface area contributed by atoms with Gasteiger partial charge in [-0.3, -0.25) is 4.79 Å². The minimum absolute atomic E-state index is 0.00802. The number of phenols is 1. The molecule has 0 unspecified atom stereocenters. The molecule has 4 rings (SSSR count). The van der Waals surface area contributed by atoms with Crippen molar-refractivity contribution in [3.8, 4) is 17.0 Å². The fourth-order valence-electron chi connectivity index (χ4n) is 4.35. The van der Waals surface area contributed by atoms with Crippen LogP contribution in [0.5, 0.6) is 5.75 Å². The molecule has 178 valence electrons. The second-order valence-corrected chi connectivity index (χ2v) is 9.19. The lowest BCUT2D eigenvalue weighted by atomic mass is 10.0. The van der Waals surface area contributed by atoms with Crippen molar-refractivity contribution in [2.75, 3.05) is 11.9 Å². The van der Waals surface area contributed by atoms with E-state index in [1.807, 2.05) is 50.2 Å². The van der Waals surface area contributed by atoms with Crippen LogP contribution in [0.3, 0.4) is 0 Å². The van der Waals surface area contributed by atoms with Crippen LogP contribution in [0.2, 0.25) is 0 Å². The second-order valence-electron chi connectivity index (χ2n) is 9.19. The number of hydrogen-bond donors (Lipinski definition) is 3. The van der Waals surface area contributed by atoms with Gasteiger partial charge >= 0.3 is 6.03 Å². The third-order valence-corrected chi connectivity index (χ3v) is 6.30. The molecule has 1 heterocycles. The van der Waals surface area contributed by atoms with E-state index in [0.29, 0.717) is 23.5 Å². The zero-order chi connectivity index (χ0) is 24.1. The number of aromatic hydroxyl groups is 1. The molecule has 1 aliphatic carbocycles. The van der Waals surface area contributed by atoms with Gasteiger partial charge in [0.2, 0.25) is 5.91 Å². The molecule has 3 aromatic rings. The summed E-state index contributed by atoms with van der Waals surface area (Å²) >= 11 is 0. The highest BCUT2D eigenvalue weighted by Gasteiger charge is 2.26. The van der Waals surface area contributed by atoms with Crippen LogP contribution in [0.15, 0.2) is 54.6 Å². The molecule has 0 spiro atoms. The highest BCUT2D eigenvalue weighted by molar-refractivity contribution is 5.92. The largest absolute Gasteiger partial charge is 0.507 e. The van der Waals surface area contributed by atoms with Crippen molar-refractivity contribution < 1.29 is 14.7 Å². The van der Waals surface area contributed by atoms with Crippen LogP contribution < -0.4 is 10.6 Å². The van der Waals surface area contributed by atoms with E-state index in [0.717, 1.165) is 43.4 Å². The van der Waals surface area contributed by atoms with Gasteiger partial charge in [-0.05, 0) is 43.0 Å². The van der Waals surface area contributed by atoms with Crippen LogP contribution in [-0.2, 0) is 11.2 Å². The quantitative estimate of drug-likeness (QED) is 0.445. The van der Waals surface area contributed by atoms with Crippen molar-refractivity contribution >= 4 is 17.6 Å². The summed E-state index contributed by atoms with van der Waals surface area (Å²) in [6, 6.07) is 16.7. The molecule has 1 aliphatic rings. The van der Waals surface area contributed by atoms with E-state index in [-0.39, 0.29) is 29.5 Å². The monoisotopic (exact) mass is 460 g/mol. The maximum Gasteiger partial charge on any atom is 0.342 e. The fraction of sp³-hybridized carbons (Fsp3) is 0.370. The smallest absolute Gasteiger partial charge is 0.342 e. The van der Waals surface area contributed by atoms with Crippen molar-refractivity contribution in [1.82, 2.24) is 15.1 Å². The van der Waals surface area contributed by atoms with Gasteiger partial charge in [-0.1, -0.05) is 57.0 Å². The molecule has 0 atom stereocenters. The number of benzene rings is 2. The van der Waals surface area contributed by atoms with Crippen LogP contribution in [0.1, 0.15) is 56.7 Å². The van der Waals surface area contributed by atoms with E-state index in [4.69, 9.17) is 0 Å². The Morgan fingerprint density at radius 3 is 2.50 bits per heavy atom. The van der Waals surface area contributed by atoms with Crippen LogP contribution in [-0.4, -0.2) is 33.4 Å². The van der Waals surface area contributed by atoms with Gasteiger partial charge in [-0.25, -0.2) is 4.79 Å². The number of carbonyl (C=O) groups excluding carboxylic acids is 2. The Labute approximate surface area is 200 Å². The van der Waals surface area contributed by atoms with Crippen LogP contribution in [0.25, 0.3) is 11.3 Å². The van der Waals surface area contributed by atoms with Crippen LogP contribution in [0.4, 0.5) is 10.5 Å². The number of carbonyl (C=O) groups is 2. The average Bonchev–Trinajstić information content (AvgIpc) is 3.50. The second kappa shape index (κ2) is 10.5. The molecule has 1 aromatic heterocycles. The molecule has 0 aliphatic heterocycles. The summed E-state index contributed by atoms with van der Waals surface area (Å²) in [7, 11) is 0. The number of nitrogens with one attached hydrogen (secondary N) is 2. The standard InChI is InChI=1S/C27H32N4O3/c1-18(2)26(33)29-21-12-13-22(25(32)16-21)23-17-24(20-10-6-7-11-20)31(30-23)27(34)28-15-14-19-8-4-3-5-9-19/h3-5,8-9,12-13,16-18,20,32H,6-7,10-11,14-15H2,1-2H3,(H,28,34)(H,29,33). The van der Waals surface area contributed by atoms with Gasteiger partial charge in [0.05, 0.1) is 11.4 Å². The van der Waals surface area contributed by atoms with E-state index in [1.54, 1.807) is 12.1 Å².